The topological polar surface area (TPSA) is 86.7 Å². The number of anilines is 1. The Morgan fingerprint density at radius 3 is 2.56 bits per heavy atom. The second-order valence-electron chi connectivity index (χ2n) is 6.31. The van der Waals surface area contributed by atoms with E-state index in [2.05, 4.69) is 4.72 Å². The molecule has 9 heteroatoms. The molecule has 1 atom stereocenters. The molecule has 1 fully saturated rings. The molecule has 0 spiro atoms. The number of sulfonamides is 1. The van der Waals surface area contributed by atoms with Gasteiger partial charge in [-0.25, -0.2) is 12.8 Å². The molecule has 2 aromatic rings. The lowest BCUT2D eigenvalue weighted by atomic mass is 10.1. The molecule has 144 valence electrons. The van der Waals surface area contributed by atoms with Crippen LogP contribution in [0.15, 0.2) is 47.4 Å². The van der Waals surface area contributed by atoms with Crippen LogP contribution in [0.25, 0.3) is 0 Å². The average Bonchev–Trinajstić information content (AvgIpc) is 2.63. The number of hydrogen-bond acceptors (Lipinski definition) is 4. The van der Waals surface area contributed by atoms with Crippen LogP contribution < -0.4 is 4.72 Å². The number of nitrogens with zero attached hydrogens (tertiary/aromatic N) is 1. The molecule has 1 amide bonds. The highest BCUT2D eigenvalue weighted by molar-refractivity contribution is 7.92. The molecular weight excluding hydrogens is 395 g/mol. The van der Waals surface area contributed by atoms with E-state index in [0.29, 0.717) is 25.1 Å². The largest absolute Gasteiger partial charge is 0.391 e. The Morgan fingerprint density at radius 1 is 1.22 bits per heavy atom. The molecule has 27 heavy (non-hydrogen) atoms. The third-order valence-corrected chi connectivity index (χ3v) is 5.94. The summed E-state index contributed by atoms with van der Waals surface area (Å²) in [5.41, 5.74) is 0.655. The predicted molar refractivity (Wildman–Crippen MR) is 99.8 cm³/mol. The van der Waals surface area contributed by atoms with Crippen molar-refractivity contribution in [1.82, 2.24) is 4.90 Å². The van der Waals surface area contributed by atoms with E-state index in [4.69, 9.17) is 11.6 Å². The first-order valence-corrected chi connectivity index (χ1v) is 10.2. The van der Waals surface area contributed by atoms with Crippen molar-refractivity contribution in [2.75, 3.05) is 17.8 Å². The van der Waals surface area contributed by atoms with Gasteiger partial charge in [-0.15, -0.1) is 0 Å². The van der Waals surface area contributed by atoms with Crippen molar-refractivity contribution in [3.05, 3.63) is 58.9 Å². The number of likely N-dealkylation sites (tertiary alicyclic amines) is 1. The number of nitrogens with one attached hydrogen (secondary N) is 1. The fraction of sp³-hybridized carbons (Fsp3) is 0.278. The summed E-state index contributed by atoms with van der Waals surface area (Å²) in [4.78, 5) is 13.9. The number of benzene rings is 2. The zero-order chi connectivity index (χ0) is 19.6. The Kier molecular flexibility index (Phi) is 5.69. The van der Waals surface area contributed by atoms with Gasteiger partial charge in [-0.1, -0.05) is 11.6 Å². The van der Waals surface area contributed by atoms with E-state index in [-0.39, 0.29) is 21.5 Å². The Morgan fingerprint density at radius 2 is 1.93 bits per heavy atom. The fourth-order valence-electron chi connectivity index (χ4n) is 2.86. The van der Waals surface area contributed by atoms with E-state index in [1.165, 1.54) is 24.3 Å². The van der Waals surface area contributed by atoms with Crippen molar-refractivity contribution in [3.63, 3.8) is 0 Å². The van der Waals surface area contributed by atoms with Gasteiger partial charge >= 0.3 is 0 Å². The minimum atomic E-state index is -3.94. The second-order valence-corrected chi connectivity index (χ2v) is 8.40. The van der Waals surface area contributed by atoms with Crippen LogP contribution in [-0.4, -0.2) is 43.5 Å². The molecule has 1 heterocycles. The molecule has 3 rings (SSSR count). The first-order chi connectivity index (χ1) is 12.8. The summed E-state index contributed by atoms with van der Waals surface area (Å²) in [6.07, 6.45) is 0.902. The Labute approximate surface area is 161 Å². The minimum absolute atomic E-state index is 0.170. The van der Waals surface area contributed by atoms with Crippen LogP contribution in [0.2, 0.25) is 5.02 Å². The van der Waals surface area contributed by atoms with Gasteiger partial charge in [-0.3, -0.25) is 9.52 Å². The van der Waals surface area contributed by atoms with Crippen molar-refractivity contribution in [3.8, 4) is 0 Å². The Bertz CT molecular complexity index is 950. The third kappa shape index (κ3) is 4.58. The number of aliphatic hydroxyl groups excluding tert-OH is 1. The predicted octanol–water partition coefficient (Wildman–Crippen LogP) is 2.88. The highest BCUT2D eigenvalue weighted by atomic mass is 35.5. The van der Waals surface area contributed by atoms with Gasteiger partial charge in [-0.2, -0.15) is 0 Å². The molecule has 0 bridgehead atoms. The zero-order valence-corrected chi connectivity index (χ0v) is 15.8. The summed E-state index contributed by atoms with van der Waals surface area (Å²) < 4.78 is 40.3. The van der Waals surface area contributed by atoms with E-state index in [1.54, 1.807) is 4.90 Å². The number of piperidine rings is 1. The average molecular weight is 413 g/mol. The van der Waals surface area contributed by atoms with Crippen LogP contribution in [0, 0.1) is 5.82 Å². The summed E-state index contributed by atoms with van der Waals surface area (Å²) >= 11 is 5.64. The van der Waals surface area contributed by atoms with Gasteiger partial charge in [0.15, 0.2) is 0 Å². The zero-order valence-electron chi connectivity index (χ0n) is 14.2. The van der Waals surface area contributed by atoms with E-state index in [9.17, 15) is 22.7 Å². The van der Waals surface area contributed by atoms with Gasteiger partial charge in [0, 0.05) is 24.3 Å². The molecule has 1 aliphatic heterocycles. The lowest BCUT2D eigenvalue weighted by Crippen LogP contribution is -2.42. The maximum atomic E-state index is 13.2. The molecule has 0 radical (unpaired) electrons. The fourth-order valence-corrected chi connectivity index (χ4v) is 4.19. The van der Waals surface area contributed by atoms with Crippen molar-refractivity contribution in [2.45, 2.75) is 23.8 Å². The number of halogens is 2. The van der Waals surface area contributed by atoms with Crippen LogP contribution >= 0.6 is 11.6 Å². The highest BCUT2D eigenvalue weighted by Crippen LogP contribution is 2.22. The van der Waals surface area contributed by atoms with Gasteiger partial charge in [0.2, 0.25) is 0 Å². The molecule has 0 aliphatic carbocycles. The summed E-state index contributed by atoms with van der Waals surface area (Å²) in [6, 6.07) is 9.08. The monoisotopic (exact) mass is 412 g/mol. The SMILES string of the molecule is O=C(c1ccc(NS(=O)(=O)c2ccc(F)c(Cl)c2)cc1)N1CCCC(O)C1. The van der Waals surface area contributed by atoms with Crippen molar-refractivity contribution >= 4 is 33.2 Å². The third-order valence-electron chi connectivity index (χ3n) is 4.27. The van der Waals surface area contributed by atoms with Crippen LogP contribution in [0.1, 0.15) is 23.2 Å². The summed E-state index contributed by atoms with van der Waals surface area (Å²) in [5.74, 6) is -0.921. The molecule has 0 saturated carbocycles. The maximum absolute atomic E-state index is 13.2. The molecule has 6 nitrogen and oxygen atoms in total. The van der Waals surface area contributed by atoms with E-state index in [1.807, 2.05) is 0 Å². The lowest BCUT2D eigenvalue weighted by Gasteiger charge is -2.30. The molecule has 0 aromatic heterocycles. The van der Waals surface area contributed by atoms with Gasteiger partial charge < -0.3 is 10.0 Å². The number of hydrogen-bond donors (Lipinski definition) is 2. The maximum Gasteiger partial charge on any atom is 0.261 e. The summed E-state index contributed by atoms with van der Waals surface area (Å²) in [5, 5.41) is 9.40. The normalized spacial score (nSPS) is 17.6. The molecule has 1 aliphatic rings. The molecular formula is C18H18ClFN2O4S. The van der Waals surface area contributed by atoms with Crippen molar-refractivity contribution < 1.29 is 22.7 Å². The van der Waals surface area contributed by atoms with E-state index >= 15 is 0 Å². The van der Waals surface area contributed by atoms with Gasteiger partial charge in [0.05, 0.1) is 16.0 Å². The Hall–Kier alpha value is -2.16. The molecule has 1 saturated heterocycles. The second kappa shape index (κ2) is 7.84. The van der Waals surface area contributed by atoms with Gasteiger partial charge in [0.25, 0.3) is 15.9 Å². The minimum Gasteiger partial charge on any atom is -0.391 e. The molecule has 2 aromatic carbocycles. The standard InChI is InChI=1S/C18H18ClFN2O4S/c19-16-10-15(7-8-17(16)20)27(25,26)21-13-5-3-12(4-6-13)18(24)22-9-1-2-14(23)11-22/h3-8,10,14,21,23H,1-2,9,11H2. The van der Waals surface area contributed by atoms with Crippen LogP contribution in [0.4, 0.5) is 10.1 Å². The molecule has 1 unspecified atom stereocenters. The summed E-state index contributed by atoms with van der Waals surface area (Å²) in [6.45, 7) is 0.869. The van der Waals surface area contributed by atoms with Crippen LogP contribution in [-0.2, 0) is 10.0 Å². The highest BCUT2D eigenvalue weighted by Gasteiger charge is 2.23. The summed E-state index contributed by atoms with van der Waals surface area (Å²) in [7, 11) is -3.94. The number of carbonyl (C=O) groups excluding carboxylic acids is 1. The van der Waals surface area contributed by atoms with Crippen LogP contribution in [0.3, 0.4) is 0 Å². The number of carbonyl (C=O) groups is 1. The lowest BCUT2D eigenvalue weighted by molar-refractivity contribution is 0.0474. The van der Waals surface area contributed by atoms with Crippen molar-refractivity contribution in [1.29, 1.82) is 0 Å². The first-order valence-electron chi connectivity index (χ1n) is 8.31. The Balaban J connectivity index is 1.73. The number of β-amino-alcohol motifs (C(OH)–C–C–N with tert-alkyl or cyclic N) is 1. The quantitative estimate of drug-likeness (QED) is 0.808. The molecule has 2 N–H and O–H groups in total. The van der Waals surface area contributed by atoms with E-state index < -0.39 is 21.9 Å². The van der Waals surface area contributed by atoms with Gasteiger partial charge in [-0.05, 0) is 55.3 Å². The number of rotatable bonds is 4. The van der Waals surface area contributed by atoms with Gasteiger partial charge in [0.1, 0.15) is 5.82 Å². The number of amides is 1. The van der Waals surface area contributed by atoms with Crippen molar-refractivity contribution in [2.24, 2.45) is 0 Å². The first kappa shape index (κ1) is 19.6. The smallest absolute Gasteiger partial charge is 0.261 e. The van der Waals surface area contributed by atoms with Crippen LogP contribution in [0.5, 0.6) is 0 Å². The number of aliphatic hydroxyl groups is 1. The van der Waals surface area contributed by atoms with E-state index in [0.717, 1.165) is 24.6 Å².